The van der Waals surface area contributed by atoms with Crippen LogP contribution in [0.1, 0.15) is 47.5 Å². The second kappa shape index (κ2) is 10.4. The number of carbonyl (C=O) groups is 5. The molecule has 0 aromatic carbocycles. The highest BCUT2D eigenvalue weighted by molar-refractivity contribution is 5.97. The summed E-state index contributed by atoms with van der Waals surface area (Å²) >= 11 is 0. The summed E-state index contributed by atoms with van der Waals surface area (Å²) < 4.78 is 53.6. The van der Waals surface area contributed by atoms with Gasteiger partial charge in [-0.2, -0.15) is 0 Å². The maximum absolute atomic E-state index is 15.6. The molecule has 7 fully saturated rings. The highest BCUT2D eigenvalue weighted by Gasteiger charge is 2.97. The summed E-state index contributed by atoms with van der Waals surface area (Å²) in [5.41, 5.74) is -9.99. The van der Waals surface area contributed by atoms with Gasteiger partial charge in [-0.05, 0) is 40.2 Å². The molecule has 0 amide bonds. The number of hydrogen-bond donors (Lipinski definition) is 2. The van der Waals surface area contributed by atoms with Gasteiger partial charge in [0.1, 0.15) is 34.9 Å². The lowest BCUT2D eigenvalue weighted by Crippen LogP contribution is -2.78. The number of rotatable bonds is 6. The molecule has 4 saturated heterocycles. The van der Waals surface area contributed by atoms with Crippen molar-refractivity contribution in [2.45, 2.75) is 101 Å². The Morgan fingerprint density at radius 1 is 0.980 bits per heavy atom. The first kappa shape index (κ1) is 34.7. The number of allylic oxidation sites excluding steroid dienone is 1. The van der Waals surface area contributed by atoms with E-state index in [4.69, 9.17) is 42.6 Å². The lowest BCUT2D eigenvalue weighted by molar-refractivity contribution is -0.286. The zero-order valence-corrected chi connectivity index (χ0v) is 29.3. The van der Waals surface area contributed by atoms with Crippen LogP contribution in [0.4, 0.5) is 0 Å². The fourth-order valence-electron chi connectivity index (χ4n) is 11.9. The van der Waals surface area contributed by atoms with E-state index in [0.29, 0.717) is 0 Å². The number of ether oxygens (including phenoxy) is 9. The number of aliphatic hydroxyl groups is 2. The zero-order chi connectivity index (χ0) is 36.9. The van der Waals surface area contributed by atoms with Crippen LogP contribution in [0.2, 0.25) is 0 Å². The maximum atomic E-state index is 15.6. The third-order valence-corrected chi connectivity index (χ3v) is 13.9. The minimum absolute atomic E-state index is 0.214. The molecule has 2 N–H and O–H groups in total. The highest BCUT2D eigenvalue weighted by Crippen LogP contribution is 2.82. The Balaban J connectivity index is 1.40. The van der Waals surface area contributed by atoms with Crippen LogP contribution in [0, 0.1) is 34.0 Å². The highest BCUT2D eigenvalue weighted by atomic mass is 16.7. The van der Waals surface area contributed by atoms with Crippen molar-refractivity contribution < 1.29 is 76.8 Å². The van der Waals surface area contributed by atoms with Gasteiger partial charge in [0.25, 0.3) is 5.79 Å². The van der Waals surface area contributed by atoms with Crippen molar-refractivity contribution in [3.05, 3.63) is 24.0 Å². The molecular weight excluding hydrogens is 676 g/mol. The lowest BCUT2D eigenvalue weighted by atomic mass is 9.38. The van der Waals surface area contributed by atoms with Crippen molar-refractivity contribution in [1.29, 1.82) is 0 Å². The fourth-order valence-corrected chi connectivity index (χ4v) is 11.9. The predicted octanol–water partition coefficient (Wildman–Crippen LogP) is 0.00510. The topological polar surface area (TPSA) is 212 Å². The van der Waals surface area contributed by atoms with E-state index in [1.165, 1.54) is 32.3 Å². The average molecular weight is 719 g/mol. The molecule has 0 aromatic rings. The predicted molar refractivity (Wildman–Crippen MR) is 163 cm³/mol. The number of ketones is 1. The number of methoxy groups -OCH3 is 2. The van der Waals surface area contributed by atoms with Crippen LogP contribution in [-0.2, 0) is 66.6 Å². The molecule has 15 atom stereocenters. The van der Waals surface area contributed by atoms with Crippen molar-refractivity contribution >= 4 is 29.7 Å². The van der Waals surface area contributed by atoms with Crippen molar-refractivity contribution in [2.75, 3.05) is 27.4 Å². The fraction of sp³-hybridized carbons (Fsp3) is 0.743. The summed E-state index contributed by atoms with van der Waals surface area (Å²) in [5, 5.41) is 24.5. The molecule has 278 valence electrons. The molecule has 3 saturated carbocycles. The molecule has 8 aliphatic rings. The molecule has 5 heterocycles. The van der Waals surface area contributed by atoms with Crippen LogP contribution >= 0.6 is 0 Å². The van der Waals surface area contributed by atoms with E-state index in [2.05, 4.69) is 0 Å². The molecule has 51 heavy (non-hydrogen) atoms. The quantitative estimate of drug-likeness (QED) is 0.160. The number of epoxide rings is 1. The molecule has 2 bridgehead atoms. The van der Waals surface area contributed by atoms with Crippen LogP contribution < -0.4 is 0 Å². The van der Waals surface area contributed by atoms with Gasteiger partial charge in [0.05, 0.1) is 51.1 Å². The molecule has 1 spiro atoms. The smallest absolute Gasteiger partial charge is 0.366 e. The molecule has 8 rings (SSSR count). The summed E-state index contributed by atoms with van der Waals surface area (Å²) in [5.74, 6) is -10.9. The van der Waals surface area contributed by atoms with Gasteiger partial charge in [-0.1, -0.05) is 6.08 Å². The van der Waals surface area contributed by atoms with Crippen molar-refractivity contribution in [3.63, 3.8) is 0 Å². The van der Waals surface area contributed by atoms with Crippen LogP contribution in [0.25, 0.3) is 0 Å². The van der Waals surface area contributed by atoms with Gasteiger partial charge in [0, 0.05) is 36.2 Å². The van der Waals surface area contributed by atoms with Gasteiger partial charge in [0.2, 0.25) is 6.29 Å². The summed E-state index contributed by atoms with van der Waals surface area (Å²) in [6.07, 6.45) is -1.95. The molecule has 0 radical (unpaired) electrons. The third-order valence-electron chi connectivity index (χ3n) is 13.9. The van der Waals surface area contributed by atoms with Crippen LogP contribution in [0.3, 0.4) is 0 Å². The number of esters is 4. The second-order valence-corrected chi connectivity index (χ2v) is 15.5. The third kappa shape index (κ3) is 3.59. The Bertz CT molecular complexity index is 1710. The number of hydrogen-bond acceptors (Lipinski definition) is 16. The van der Waals surface area contributed by atoms with Crippen LogP contribution in [0.5, 0.6) is 0 Å². The Labute approximate surface area is 292 Å². The Kier molecular flexibility index (Phi) is 7.05. The maximum Gasteiger partial charge on any atom is 0.366 e. The normalized spacial score (nSPS) is 52.5. The number of fused-ring (bicyclic) bond motifs is 7. The first-order valence-corrected chi connectivity index (χ1v) is 17.1. The minimum Gasteiger partial charge on any atom is -0.469 e. The summed E-state index contributed by atoms with van der Waals surface area (Å²) in [4.78, 5) is 69.9. The largest absolute Gasteiger partial charge is 0.469 e. The second-order valence-electron chi connectivity index (χ2n) is 15.5. The standard InChI is InChI=1S/C35H42O16/c1-8-15(2)24(38)49-18-12-19(48-16(3)36)32(26(39)43-6)13-46-21-22(32)31(18)14-47-34(42,27(40)44-7)25(31)29(4,23(21)37)35-20-11-17(30(35,5)51-35)33(41)9-10-45-28(33)50-20/h8-10,17-22,25,28,41-42H,11-14H2,1-7H3/b15-8+/t17-,18+,19-,20+,21-,22-,25+,28+,29-,30+,31+,32+,33+,34+,35+/m1/s1. The van der Waals surface area contributed by atoms with Gasteiger partial charge in [-0.15, -0.1) is 0 Å². The number of carbonyl (C=O) groups excluding carboxylic acids is 5. The van der Waals surface area contributed by atoms with Crippen molar-refractivity contribution in [3.8, 4) is 0 Å². The van der Waals surface area contributed by atoms with Crippen LogP contribution in [0.15, 0.2) is 24.0 Å². The monoisotopic (exact) mass is 718 g/mol. The van der Waals surface area contributed by atoms with Crippen molar-refractivity contribution in [2.24, 2.45) is 34.0 Å². The molecule has 5 aliphatic heterocycles. The van der Waals surface area contributed by atoms with E-state index in [1.807, 2.05) is 0 Å². The molecule has 0 unspecified atom stereocenters. The van der Waals surface area contributed by atoms with Crippen LogP contribution in [-0.4, -0.2) is 121 Å². The average Bonchev–Trinajstić information content (AvgIpc) is 3.47. The van der Waals surface area contributed by atoms with Gasteiger partial charge in [0.15, 0.2) is 11.4 Å². The molecule has 0 aromatic heterocycles. The van der Waals surface area contributed by atoms with E-state index < -0.39 is 130 Å². The minimum atomic E-state index is -2.88. The molecular formula is C35H42O16. The molecule has 16 nitrogen and oxygen atoms in total. The molecule has 3 aliphatic carbocycles. The van der Waals surface area contributed by atoms with Gasteiger partial charge in [-0.3, -0.25) is 14.4 Å². The molecule has 16 heteroatoms. The van der Waals surface area contributed by atoms with E-state index in [0.717, 1.165) is 21.1 Å². The Hall–Kier alpha value is -3.41. The van der Waals surface area contributed by atoms with E-state index >= 15 is 4.79 Å². The zero-order valence-electron chi connectivity index (χ0n) is 29.3. The van der Waals surface area contributed by atoms with Gasteiger partial charge < -0.3 is 52.8 Å². The Morgan fingerprint density at radius 3 is 2.33 bits per heavy atom. The SMILES string of the molecule is C/C=C(\C)C(=O)O[C@H]1C[C@@H](OC(C)=O)[C@@]2(C(=O)OC)CO[C@H]3C(=O)[C@@](C)([C@]45O[C@@]4(C)[C@H]4C[C@@H]5O[C@@H]5OC=C[C@@]54O)[C@H]4[C@]1(CO[C@]4(O)C(=O)OC)[C@@H]32. The van der Waals surface area contributed by atoms with Crippen molar-refractivity contribution in [1.82, 2.24) is 0 Å². The van der Waals surface area contributed by atoms with Gasteiger partial charge >= 0.3 is 23.9 Å². The Morgan fingerprint density at radius 2 is 1.69 bits per heavy atom. The van der Waals surface area contributed by atoms with E-state index in [9.17, 15) is 29.4 Å². The van der Waals surface area contributed by atoms with E-state index in [1.54, 1.807) is 13.8 Å². The first-order valence-electron chi connectivity index (χ1n) is 17.1. The van der Waals surface area contributed by atoms with E-state index in [-0.39, 0.29) is 18.4 Å². The van der Waals surface area contributed by atoms with Gasteiger partial charge in [-0.25, -0.2) is 9.59 Å². The summed E-state index contributed by atoms with van der Waals surface area (Å²) in [6.45, 7) is 6.60. The summed E-state index contributed by atoms with van der Waals surface area (Å²) in [6, 6.07) is 0. The first-order chi connectivity index (χ1) is 23.9. The lowest BCUT2D eigenvalue weighted by Gasteiger charge is -2.63. The summed E-state index contributed by atoms with van der Waals surface area (Å²) in [7, 11) is 2.19. The number of Topliss-reactive ketones (excluding diaryl/α,β-unsaturated/α-hetero) is 1.